The zero-order chi connectivity index (χ0) is 17.4. The Bertz CT molecular complexity index is 641. The van der Waals surface area contributed by atoms with Crippen LogP contribution in [0.1, 0.15) is 36.2 Å². The first-order valence-corrected chi connectivity index (χ1v) is 8.13. The number of rotatable bonds is 8. The number of nitrogens with zero attached hydrogens (tertiary/aromatic N) is 2. The van der Waals surface area contributed by atoms with Gasteiger partial charge < -0.3 is 10.6 Å². The zero-order valence-corrected chi connectivity index (χ0v) is 14.1. The summed E-state index contributed by atoms with van der Waals surface area (Å²) >= 11 is 0. The van der Waals surface area contributed by atoms with Gasteiger partial charge in [-0.1, -0.05) is 26.0 Å². The van der Waals surface area contributed by atoms with Gasteiger partial charge in [0.25, 0.3) is 5.91 Å². The lowest BCUT2D eigenvalue weighted by Crippen LogP contribution is -2.26. The quantitative estimate of drug-likeness (QED) is 0.781. The van der Waals surface area contributed by atoms with Gasteiger partial charge in [-0.2, -0.15) is 0 Å². The Morgan fingerprint density at radius 3 is 2.42 bits per heavy atom. The van der Waals surface area contributed by atoms with Crippen molar-refractivity contribution in [3.63, 3.8) is 0 Å². The van der Waals surface area contributed by atoms with Crippen LogP contribution in [0.5, 0.6) is 0 Å². The first-order chi connectivity index (χ1) is 11.5. The van der Waals surface area contributed by atoms with Crippen molar-refractivity contribution in [2.75, 3.05) is 18.4 Å². The van der Waals surface area contributed by atoms with Gasteiger partial charge in [0.2, 0.25) is 5.95 Å². The molecule has 0 saturated carbocycles. The van der Waals surface area contributed by atoms with Gasteiger partial charge in [-0.05, 0) is 36.5 Å². The predicted molar refractivity (Wildman–Crippen MR) is 92.4 cm³/mol. The molecule has 0 aliphatic rings. The fourth-order valence-corrected chi connectivity index (χ4v) is 2.08. The Morgan fingerprint density at radius 1 is 1.12 bits per heavy atom. The summed E-state index contributed by atoms with van der Waals surface area (Å²) in [5, 5.41) is 5.93. The van der Waals surface area contributed by atoms with E-state index in [1.54, 1.807) is 12.1 Å². The first-order valence-electron chi connectivity index (χ1n) is 8.13. The first kappa shape index (κ1) is 17.8. The molecule has 0 fully saturated rings. The van der Waals surface area contributed by atoms with Crippen molar-refractivity contribution >= 4 is 11.9 Å². The average molecular weight is 330 g/mol. The van der Waals surface area contributed by atoms with Crippen LogP contribution in [0.4, 0.5) is 10.3 Å². The van der Waals surface area contributed by atoms with Crippen molar-refractivity contribution in [1.29, 1.82) is 0 Å². The second kappa shape index (κ2) is 8.96. The van der Waals surface area contributed by atoms with Crippen LogP contribution < -0.4 is 10.6 Å². The van der Waals surface area contributed by atoms with Crippen LogP contribution in [-0.4, -0.2) is 29.0 Å². The van der Waals surface area contributed by atoms with Crippen molar-refractivity contribution in [2.24, 2.45) is 5.92 Å². The number of aromatic nitrogens is 2. The third-order valence-corrected chi connectivity index (χ3v) is 3.53. The highest BCUT2D eigenvalue weighted by molar-refractivity contribution is 5.93. The van der Waals surface area contributed by atoms with Crippen molar-refractivity contribution in [3.05, 3.63) is 53.6 Å². The van der Waals surface area contributed by atoms with Crippen LogP contribution in [0, 0.1) is 11.7 Å². The Hall–Kier alpha value is -2.50. The van der Waals surface area contributed by atoms with Gasteiger partial charge in [0.05, 0.1) is 5.56 Å². The number of hydrogen-bond acceptors (Lipinski definition) is 4. The standard InChI is InChI=1S/C18H23FN4O/c1-13(2)7-9-21-18-22-11-15(12-23-18)17(24)20-10-8-14-3-5-16(19)6-4-14/h3-6,11-13H,7-10H2,1-2H3,(H,20,24)(H,21,22,23). The van der Waals surface area contributed by atoms with Crippen LogP contribution in [0.3, 0.4) is 0 Å². The molecule has 0 saturated heterocycles. The molecule has 2 N–H and O–H groups in total. The second-order valence-corrected chi connectivity index (χ2v) is 6.04. The summed E-state index contributed by atoms with van der Waals surface area (Å²) in [6.45, 7) is 5.59. The average Bonchev–Trinajstić information content (AvgIpc) is 2.57. The van der Waals surface area contributed by atoms with Crippen LogP contribution >= 0.6 is 0 Å². The van der Waals surface area contributed by atoms with Crippen LogP contribution in [0.2, 0.25) is 0 Å². The van der Waals surface area contributed by atoms with E-state index in [1.165, 1.54) is 24.5 Å². The Morgan fingerprint density at radius 2 is 1.79 bits per heavy atom. The lowest BCUT2D eigenvalue weighted by atomic mass is 10.1. The van der Waals surface area contributed by atoms with Gasteiger partial charge in [0.1, 0.15) is 5.82 Å². The Kier molecular flexibility index (Phi) is 6.66. The molecule has 6 heteroatoms. The summed E-state index contributed by atoms with van der Waals surface area (Å²) in [6.07, 6.45) is 4.70. The normalized spacial score (nSPS) is 10.7. The molecule has 0 aliphatic heterocycles. The minimum absolute atomic E-state index is 0.217. The zero-order valence-electron chi connectivity index (χ0n) is 14.1. The summed E-state index contributed by atoms with van der Waals surface area (Å²) in [4.78, 5) is 20.3. The summed E-state index contributed by atoms with van der Waals surface area (Å²) in [5.74, 6) is 0.662. The minimum atomic E-state index is -0.262. The molecule has 0 aliphatic carbocycles. The van der Waals surface area contributed by atoms with Gasteiger partial charge >= 0.3 is 0 Å². The molecule has 1 aromatic carbocycles. The van der Waals surface area contributed by atoms with E-state index in [0.717, 1.165) is 18.5 Å². The van der Waals surface area contributed by atoms with E-state index in [2.05, 4.69) is 34.4 Å². The summed E-state index contributed by atoms with van der Waals surface area (Å²) in [7, 11) is 0. The summed E-state index contributed by atoms with van der Waals surface area (Å²) in [5.41, 5.74) is 1.39. The number of benzene rings is 1. The van der Waals surface area contributed by atoms with Crippen LogP contribution in [0.15, 0.2) is 36.7 Å². The molecule has 24 heavy (non-hydrogen) atoms. The topological polar surface area (TPSA) is 66.9 Å². The maximum Gasteiger partial charge on any atom is 0.254 e. The molecular weight excluding hydrogens is 307 g/mol. The van der Waals surface area contributed by atoms with Gasteiger partial charge in [0, 0.05) is 25.5 Å². The molecule has 0 atom stereocenters. The molecule has 1 amide bonds. The fourth-order valence-electron chi connectivity index (χ4n) is 2.08. The SMILES string of the molecule is CC(C)CCNc1ncc(C(=O)NCCc2ccc(F)cc2)cn1. The molecule has 5 nitrogen and oxygen atoms in total. The molecule has 0 radical (unpaired) electrons. The number of amides is 1. The maximum atomic E-state index is 12.8. The van der Waals surface area contributed by atoms with E-state index in [9.17, 15) is 9.18 Å². The van der Waals surface area contributed by atoms with Gasteiger partial charge in [-0.25, -0.2) is 14.4 Å². The fraction of sp³-hybridized carbons (Fsp3) is 0.389. The Balaban J connectivity index is 1.76. The minimum Gasteiger partial charge on any atom is -0.354 e. The predicted octanol–water partition coefficient (Wildman–Crippen LogP) is 3.05. The van der Waals surface area contributed by atoms with Crippen molar-refractivity contribution < 1.29 is 9.18 Å². The molecule has 2 rings (SSSR count). The number of carbonyl (C=O) groups excluding carboxylic acids is 1. The highest BCUT2D eigenvalue weighted by Gasteiger charge is 2.07. The van der Waals surface area contributed by atoms with E-state index >= 15 is 0 Å². The van der Waals surface area contributed by atoms with Crippen molar-refractivity contribution in [2.45, 2.75) is 26.7 Å². The number of halogens is 1. The van der Waals surface area contributed by atoms with Crippen molar-refractivity contribution in [3.8, 4) is 0 Å². The summed E-state index contributed by atoms with van der Waals surface area (Å²) in [6, 6.07) is 6.25. The maximum absolute atomic E-state index is 12.8. The molecule has 0 unspecified atom stereocenters. The smallest absolute Gasteiger partial charge is 0.254 e. The molecule has 2 aromatic rings. The third kappa shape index (κ3) is 5.95. The van der Waals surface area contributed by atoms with Crippen LogP contribution in [0.25, 0.3) is 0 Å². The van der Waals surface area contributed by atoms with E-state index in [-0.39, 0.29) is 11.7 Å². The van der Waals surface area contributed by atoms with E-state index in [0.29, 0.717) is 30.4 Å². The molecule has 1 aromatic heterocycles. The highest BCUT2D eigenvalue weighted by atomic mass is 19.1. The van der Waals surface area contributed by atoms with E-state index in [4.69, 9.17) is 0 Å². The van der Waals surface area contributed by atoms with E-state index < -0.39 is 0 Å². The van der Waals surface area contributed by atoms with Gasteiger partial charge in [-0.3, -0.25) is 4.79 Å². The monoisotopic (exact) mass is 330 g/mol. The lowest BCUT2D eigenvalue weighted by Gasteiger charge is -2.08. The molecule has 0 bridgehead atoms. The highest BCUT2D eigenvalue weighted by Crippen LogP contribution is 2.05. The Labute approximate surface area is 141 Å². The number of hydrogen-bond donors (Lipinski definition) is 2. The third-order valence-electron chi connectivity index (χ3n) is 3.53. The summed E-state index contributed by atoms with van der Waals surface area (Å²) < 4.78 is 12.8. The second-order valence-electron chi connectivity index (χ2n) is 6.04. The van der Waals surface area contributed by atoms with Crippen molar-refractivity contribution in [1.82, 2.24) is 15.3 Å². The van der Waals surface area contributed by atoms with E-state index in [1.807, 2.05) is 0 Å². The number of anilines is 1. The molecule has 128 valence electrons. The number of carbonyl (C=O) groups is 1. The molecular formula is C18H23FN4O. The molecule has 0 spiro atoms. The largest absolute Gasteiger partial charge is 0.354 e. The molecule has 1 heterocycles. The van der Waals surface area contributed by atoms with Gasteiger partial charge in [0.15, 0.2) is 0 Å². The van der Waals surface area contributed by atoms with Gasteiger partial charge in [-0.15, -0.1) is 0 Å². The van der Waals surface area contributed by atoms with Crippen LogP contribution in [-0.2, 0) is 6.42 Å². The number of nitrogens with one attached hydrogen (secondary N) is 2. The lowest BCUT2D eigenvalue weighted by molar-refractivity contribution is 0.0953.